The van der Waals surface area contributed by atoms with Crippen LogP contribution in [0.3, 0.4) is 0 Å². The number of nitrogens with one attached hydrogen (secondary N) is 1. The van der Waals surface area contributed by atoms with Crippen LogP contribution in [0, 0.1) is 0 Å². The Balaban J connectivity index is 1.60. The van der Waals surface area contributed by atoms with Crippen molar-refractivity contribution in [2.24, 2.45) is 0 Å². The first kappa shape index (κ1) is 22.4. The molecule has 6 nitrogen and oxygen atoms in total. The molecule has 1 aliphatic carbocycles. The summed E-state index contributed by atoms with van der Waals surface area (Å²) in [5.74, 6) is 0.954. The summed E-state index contributed by atoms with van der Waals surface area (Å²) in [4.78, 5) is 30.7. The molecule has 0 spiro atoms. The SMILES string of the molecule is CCOc1ccc(-n2c(SCC(=O)NC3CCCCCC3)nc3ccccc3c2=O)cc1. The normalized spacial score (nSPS) is 14.8. The molecule has 1 saturated carbocycles. The molecule has 1 N–H and O–H groups in total. The minimum Gasteiger partial charge on any atom is -0.494 e. The Morgan fingerprint density at radius 2 is 1.81 bits per heavy atom. The molecule has 1 fully saturated rings. The van der Waals surface area contributed by atoms with Gasteiger partial charge >= 0.3 is 0 Å². The van der Waals surface area contributed by atoms with E-state index in [-0.39, 0.29) is 23.3 Å². The molecule has 0 saturated heterocycles. The number of amides is 1. The van der Waals surface area contributed by atoms with Crippen molar-refractivity contribution in [2.75, 3.05) is 12.4 Å². The molecule has 1 amide bonds. The number of hydrogen-bond acceptors (Lipinski definition) is 5. The summed E-state index contributed by atoms with van der Waals surface area (Å²) in [6.45, 7) is 2.51. The number of carbonyl (C=O) groups excluding carboxylic acids is 1. The Morgan fingerprint density at radius 3 is 2.53 bits per heavy atom. The Kier molecular flexibility index (Phi) is 7.47. The van der Waals surface area contributed by atoms with Crippen LogP contribution in [0.4, 0.5) is 0 Å². The van der Waals surface area contributed by atoms with E-state index < -0.39 is 0 Å². The van der Waals surface area contributed by atoms with Crippen molar-refractivity contribution in [3.05, 3.63) is 58.9 Å². The number of ether oxygens (including phenoxy) is 1. The zero-order valence-corrected chi connectivity index (χ0v) is 19.2. The van der Waals surface area contributed by atoms with E-state index in [1.54, 1.807) is 10.6 Å². The number of thioether (sulfide) groups is 1. The van der Waals surface area contributed by atoms with Crippen LogP contribution in [-0.4, -0.2) is 33.9 Å². The Bertz CT molecular complexity index is 1120. The van der Waals surface area contributed by atoms with E-state index >= 15 is 0 Å². The maximum Gasteiger partial charge on any atom is 0.266 e. The van der Waals surface area contributed by atoms with Gasteiger partial charge in [0.05, 0.1) is 29.0 Å². The average Bonchev–Trinajstić information content (AvgIpc) is 3.07. The molecule has 1 aliphatic rings. The number of benzene rings is 2. The second kappa shape index (κ2) is 10.7. The van der Waals surface area contributed by atoms with E-state index in [4.69, 9.17) is 9.72 Å². The van der Waals surface area contributed by atoms with E-state index in [0.717, 1.165) is 18.6 Å². The van der Waals surface area contributed by atoms with E-state index in [2.05, 4.69) is 5.32 Å². The van der Waals surface area contributed by atoms with Gasteiger partial charge < -0.3 is 10.1 Å². The lowest BCUT2D eigenvalue weighted by Crippen LogP contribution is -2.35. The summed E-state index contributed by atoms with van der Waals surface area (Å²) < 4.78 is 7.11. The standard InChI is InChI=1S/C25H29N3O3S/c1-2-31-20-15-13-19(14-16-20)28-24(30)21-11-7-8-12-22(21)27-25(28)32-17-23(29)26-18-9-5-3-4-6-10-18/h7-8,11-16,18H,2-6,9-10,17H2,1H3,(H,26,29). The van der Waals surface area contributed by atoms with Crippen LogP contribution in [0.5, 0.6) is 5.75 Å². The lowest BCUT2D eigenvalue weighted by Gasteiger charge is -2.17. The number of carbonyl (C=O) groups is 1. The van der Waals surface area contributed by atoms with E-state index in [9.17, 15) is 9.59 Å². The third-order valence-corrected chi connectivity index (χ3v) is 6.64. The number of nitrogens with zero attached hydrogens (tertiary/aromatic N) is 2. The minimum absolute atomic E-state index is 0.0115. The second-order valence-electron chi connectivity index (χ2n) is 8.02. The quantitative estimate of drug-likeness (QED) is 0.320. The van der Waals surface area contributed by atoms with Gasteiger partial charge in [0.25, 0.3) is 5.56 Å². The predicted molar refractivity (Wildman–Crippen MR) is 129 cm³/mol. The van der Waals surface area contributed by atoms with Gasteiger partial charge in [-0.05, 0) is 56.2 Å². The number of hydrogen-bond donors (Lipinski definition) is 1. The topological polar surface area (TPSA) is 73.2 Å². The van der Waals surface area contributed by atoms with Gasteiger partial charge in [-0.2, -0.15) is 0 Å². The smallest absolute Gasteiger partial charge is 0.266 e. The van der Waals surface area contributed by atoms with E-state index in [1.807, 2.05) is 49.4 Å². The first-order valence-corrected chi connectivity index (χ1v) is 12.3. The van der Waals surface area contributed by atoms with Crippen molar-refractivity contribution in [3.63, 3.8) is 0 Å². The highest BCUT2D eigenvalue weighted by Gasteiger charge is 2.18. The molecule has 2 aromatic carbocycles. The van der Waals surface area contributed by atoms with Crippen LogP contribution in [0.2, 0.25) is 0 Å². The summed E-state index contributed by atoms with van der Waals surface area (Å²) in [6, 6.07) is 14.9. The molecule has 4 rings (SSSR count). The highest BCUT2D eigenvalue weighted by Crippen LogP contribution is 2.23. The number of fused-ring (bicyclic) bond motifs is 1. The molecule has 32 heavy (non-hydrogen) atoms. The summed E-state index contributed by atoms with van der Waals surface area (Å²) in [5.41, 5.74) is 1.18. The van der Waals surface area contributed by atoms with E-state index in [1.165, 1.54) is 37.4 Å². The van der Waals surface area contributed by atoms with Crippen molar-refractivity contribution in [3.8, 4) is 11.4 Å². The summed E-state index contributed by atoms with van der Waals surface area (Å²) in [7, 11) is 0. The van der Waals surface area contributed by atoms with Gasteiger partial charge in [-0.15, -0.1) is 0 Å². The van der Waals surface area contributed by atoms with Crippen LogP contribution < -0.4 is 15.6 Å². The molecule has 168 valence electrons. The Morgan fingerprint density at radius 1 is 1.09 bits per heavy atom. The van der Waals surface area contributed by atoms with Crippen LogP contribution in [-0.2, 0) is 4.79 Å². The van der Waals surface area contributed by atoms with Gasteiger partial charge in [0.2, 0.25) is 5.91 Å². The lowest BCUT2D eigenvalue weighted by molar-refractivity contribution is -0.119. The molecule has 7 heteroatoms. The van der Waals surface area contributed by atoms with Crippen molar-refractivity contribution < 1.29 is 9.53 Å². The first-order chi connectivity index (χ1) is 15.7. The molecule has 0 aliphatic heterocycles. The maximum absolute atomic E-state index is 13.3. The number of rotatable bonds is 7. The highest BCUT2D eigenvalue weighted by atomic mass is 32.2. The predicted octanol–water partition coefficient (Wildman–Crippen LogP) is 4.72. The van der Waals surface area contributed by atoms with Crippen LogP contribution >= 0.6 is 11.8 Å². The Hall–Kier alpha value is -2.80. The van der Waals surface area contributed by atoms with Gasteiger partial charge in [-0.25, -0.2) is 4.98 Å². The zero-order chi connectivity index (χ0) is 22.3. The number of para-hydroxylation sites is 1. The fraction of sp³-hybridized carbons (Fsp3) is 0.400. The summed E-state index contributed by atoms with van der Waals surface area (Å²) in [5, 5.41) is 4.23. The average molecular weight is 452 g/mol. The van der Waals surface area contributed by atoms with Gasteiger partial charge in [-0.3, -0.25) is 14.2 Å². The van der Waals surface area contributed by atoms with E-state index in [0.29, 0.717) is 28.4 Å². The van der Waals surface area contributed by atoms with Gasteiger partial charge in [0, 0.05) is 6.04 Å². The van der Waals surface area contributed by atoms with Gasteiger partial charge in [0.15, 0.2) is 5.16 Å². The Labute approximate surface area is 192 Å². The molecule has 0 atom stereocenters. The van der Waals surface area contributed by atoms with Gasteiger partial charge in [-0.1, -0.05) is 49.6 Å². The lowest BCUT2D eigenvalue weighted by atomic mass is 10.1. The summed E-state index contributed by atoms with van der Waals surface area (Å²) in [6.07, 6.45) is 6.92. The van der Waals surface area contributed by atoms with Crippen molar-refractivity contribution in [2.45, 2.75) is 56.6 Å². The molecule has 0 unspecified atom stereocenters. The fourth-order valence-corrected chi connectivity index (χ4v) is 4.94. The number of aromatic nitrogens is 2. The van der Waals surface area contributed by atoms with Crippen LogP contribution in [0.15, 0.2) is 58.5 Å². The molecule has 1 heterocycles. The van der Waals surface area contributed by atoms with Crippen molar-refractivity contribution in [1.29, 1.82) is 0 Å². The monoisotopic (exact) mass is 451 g/mol. The third kappa shape index (κ3) is 5.33. The molecular weight excluding hydrogens is 422 g/mol. The molecular formula is C25H29N3O3S. The van der Waals surface area contributed by atoms with Crippen molar-refractivity contribution >= 4 is 28.6 Å². The molecule has 3 aromatic rings. The molecule has 0 bridgehead atoms. The minimum atomic E-state index is -0.147. The molecule has 0 radical (unpaired) electrons. The highest BCUT2D eigenvalue weighted by molar-refractivity contribution is 7.99. The van der Waals surface area contributed by atoms with Crippen LogP contribution in [0.1, 0.15) is 45.4 Å². The fourth-order valence-electron chi connectivity index (χ4n) is 4.12. The van der Waals surface area contributed by atoms with Gasteiger partial charge in [0.1, 0.15) is 5.75 Å². The van der Waals surface area contributed by atoms with Crippen molar-refractivity contribution in [1.82, 2.24) is 14.9 Å². The zero-order valence-electron chi connectivity index (χ0n) is 18.4. The van der Waals surface area contributed by atoms with Crippen LogP contribution in [0.25, 0.3) is 16.6 Å². The third-order valence-electron chi connectivity index (χ3n) is 5.70. The summed E-state index contributed by atoms with van der Waals surface area (Å²) >= 11 is 1.30. The largest absolute Gasteiger partial charge is 0.494 e. The maximum atomic E-state index is 13.3. The second-order valence-corrected chi connectivity index (χ2v) is 8.97. The first-order valence-electron chi connectivity index (χ1n) is 11.3. The molecule has 1 aromatic heterocycles.